The summed E-state index contributed by atoms with van der Waals surface area (Å²) < 4.78 is 1.69. The van der Waals surface area contributed by atoms with Crippen LogP contribution in [-0.4, -0.2) is 26.9 Å². The molecule has 0 spiro atoms. The van der Waals surface area contributed by atoms with Gasteiger partial charge in [0.15, 0.2) is 0 Å². The number of fused-ring (bicyclic) bond motifs is 1. The number of carbonyl (C=O) groups is 1. The Kier molecular flexibility index (Phi) is 7.69. The number of para-hydroxylation sites is 1. The van der Waals surface area contributed by atoms with Gasteiger partial charge in [0.1, 0.15) is 5.82 Å². The molecule has 0 N–H and O–H groups in total. The molecule has 39 heavy (non-hydrogen) atoms. The van der Waals surface area contributed by atoms with Crippen molar-refractivity contribution in [3.8, 4) is 5.69 Å². The van der Waals surface area contributed by atoms with Crippen molar-refractivity contribution in [2.75, 3.05) is 6.54 Å². The van der Waals surface area contributed by atoms with Gasteiger partial charge in [-0.25, -0.2) is 4.98 Å². The lowest BCUT2D eigenvalue weighted by molar-refractivity contribution is 0.0661. The van der Waals surface area contributed by atoms with Crippen LogP contribution in [0.25, 0.3) is 16.6 Å². The molecule has 0 aliphatic carbocycles. The average Bonchev–Trinajstić information content (AvgIpc) is 2.96. The smallest absolute Gasteiger partial charge is 0.266 e. The molecule has 5 rings (SSSR count). The minimum atomic E-state index is -0.417. The number of aryl methyl sites for hydroxylation is 2. The van der Waals surface area contributed by atoms with Crippen LogP contribution in [0, 0.1) is 13.8 Å². The topological polar surface area (TPSA) is 55.2 Å². The van der Waals surface area contributed by atoms with Gasteiger partial charge < -0.3 is 4.90 Å². The van der Waals surface area contributed by atoms with Crippen molar-refractivity contribution in [3.05, 3.63) is 142 Å². The maximum absolute atomic E-state index is 14.2. The minimum Gasteiger partial charge on any atom is -0.328 e. The third-order valence-electron chi connectivity index (χ3n) is 7.28. The molecule has 0 aliphatic heterocycles. The Bertz CT molecular complexity index is 1660. The van der Waals surface area contributed by atoms with Gasteiger partial charge in [-0.15, -0.1) is 0 Å². The van der Waals surface area contributed by atoms with Crippen LogP contribution in [0.4, 0.5) is 0 Å². The number of nitrogens with zero attached hydrogens (tertiary/aromatic N) is 3. The van der Waals surface area contributed by atoms with Gasteiger partial charge in [-0.1, -0.05) is 85.3 Å². The second-order valence-electron chi connectivity index (χ2n) is 9.94. The first-order valence-electron chi connectivity index (χ1n) is 13.5. The standard InChI is InChI=1S/C34H33N3O2/c1-4-31(36(23-22-26-13-6-5-7-14-26)33(38)28-15-9-8-12-25(28)3)32-35-30-17-11-10-16-29(30)34(39)37(32)27-20-18-24(2)19-21-27/h5-21,31H,4,22-23H2,1-3H3. The van der Waals surface area contributed by atoms with Crippen molar-refractivity contribution in [3.63, 3.8) is 0 Å². The maximum atomic E-state index is 14.2. The van der Waals surface area contributed by atoms with Crippen molar-refractivity contribution in [2.45, 2.75) is 39.7 Å². The molecule has 0 saturated carbocycles. The van der Waals surface area contributed by atoms with E-state index in [2.05, 4.69) is 12.1 Å². The fourth-order valence-electron chi connectivity index (χ4n) is 5.12. The molecule has 1 aromatic heterocycles. The number of aromatic nitrogens is 2. The molecular weight excluding hydrogens is 482 g/mol. The van der Waals surface area contributed by atoms with Crippen LogP contribution in [0.15, 0.2) is 108 Å². The van der Waals surface area contributed by atoms with E-state index in [0.717, 1.165) is 22.4 Å². The zero-order chi connectivity index (χ0) is 27.4. The van der Waals surface area contributed by atoms with E-state index >= 15 is 0 Å². The molecule has 0 radical (unpaired) electrons. The zero-order valence-corrected chi connectivity index (χ0v) is 22.7. The highest BCUT2D eigenvalue weighted by molar-refractivity contribution is 5.96. The van der Waals surface area contributed by atoms with Crippen LogP contribution in [0.2, 0.25) is 0 Å². The molecule has 0 aliphatic rings. The summed E-state index contributed by atoms with van der Waals surface area (Å²) >= 11 is 0. The second kappa shape index (κ2) is 11.5. The number of amides is 1. The summed E-state index contributed by atoms with van der Waals surface area (Å²) in [7, 11) is 0. The van der Waals surface area contributed by atoms with Crippen LogP contribution < -0.4 is 5.56 Å². The summed E-state index contributed by atoms with van der Waals surface area (Å²) in [5.74, 6) is 0.508. The predicted octanol–water partition coefficient (Wildman–Crippen LogP) is 6.84. The Hall–Kier alpha value is -4.51. The Labute approximate surface area is 229 Å². The number of hydrogen-bond acceptors (Lipinski definition) is 3. The third kappa shape index (κ3) is 5.39. The van der Waals surface area contributed by atoms with E-state index in [4.69, 9.17) is 4.98 Å². The molecule has 5 heteroatoms. The van der Waals surface area contributed by atoms with E-state index in [1.54, 1.807) is 4.57 Å². The summed E-state index contributed by atoms with van der Waals surface area (Å²) in [5, 5.41) is 0.553. The van der Waals surface area contributed by atoms with Crippen molar-refractivity contribution < 1.29 is 4.79 Å². The van der Waals surface area contributed by atoms with Crippen molar-refractivity contribution in [2.24, 2.45) is 0 Å². The number of hydrogen-bond donors (Lipinski definition) is 0. The van der Waals surface area contributed by atoms with Gasteiger partial charge in [-0.05, 0) is 68.1 Å². The van der Waals surface area contributed by atoms with Gasteiger partial charge in [-0.3, -0.25) is 14.2 Å². The second-order valence-corrected chi connectivity index (χ2v) is 9.94. The van der Waals surface area contributed by atoms with Crippen LogP contribution in [0.1, 0.15) is 52.3 Å². The largest absolute Gasteiger partial charge is 0.328 e. The van der Waals surface area contributed by atoms with E-state index < -0.39 is 6.04 Å². The lowest BCUT2D eigenvalue weighted by Gasteiger charge is -2.33. The van der Waals surface area contributed by atoms with E-state index in [-0.39, 0.29) is 11.5 Å². The molecular formula is C34H33N3O2. The van der Waals surface area contributed by atoms with Crippen LogP contribution >= 0.6 is 0 Å². The minimum absolute atomic E-state index is 0.0613. The molecule has 0 bridgehead atoms. The SMILES string of the molecule is CCC(c1nc2ccccc2c(=O)n1-c1ccc(C)cc1)N(CCc1ccccc1)C(=O)c1ccccc1C. The number of rotatable bonds is 8. The van der Waals surface area contributed by atoms with E-state index in [9.17, 15) is 9.59 Å². The lowest BCUT2D eigenvalue weighted by Crippen LogP contribution is -2.40. The van der Waals surface area contributed by atoms with Crippen LogP contribution in [0.5, 0.6) is 0 Å². The molecule has 1 heterocycles. The summed E-state index contributed by atoms with van der Waals surface area (Å²) in [6.45, 7) is 6.52. The first kappa shape index (κ1) is 26.1. The van der Waals surface area contributed by atoms with Crippen LogP contribution in [-0.2, 0) is 6.42 Å². The quantitative estimate of drug-likeness (QED) is 0.227. The highest BCUT2D eigenvalue weighted by Crippen LogP contribution is 2.28. The maximum Gasteiger partial charge on any atom is 0.266 e. The van der Waals surface area contributed by atoms with E-state index in [0.29, 0.717) is 41.7 Å². The first-order valence-corrected chi connectivity index (χ1v) is 13.5. The predicted molar refractivity (Wildman–Crippen MR) is 157 cm³/mol. The van der Waals surface area contributed by atoms with Crippen molar-refractivity contribution in [1.82, 2.24) is 14.5 Å². The molecule has 196 valence electrons. The summed E-state index contributed by atoms with van der Waals surface area (Å²) in [6.07, 6.45) is 1.29. The lowest BCUT2D eigenvalue weighted by atomic mass is 10.0. The number of carbonyl (C=O) groups excluding carboxylic acids is 1. The van der Waals surface area contributed by atoms with Crippen LogP contribution in [0.3, 0.4) is 0 Å². The Morgan fingerprint density at radius 1 is 0.846 bits per heavy atom. The van der Waals surface area contributed by atoms with E-state index in [1.165, 1.54) is 0 Å². The van der Waals surface area contributed by atoms with Gasteiger partial charge in [0, 0.05) is 12.1 Å². The Morgan fingerprint density at radius 3 is 2.23 bits per heavy atom. The van der Waals surface area contributed by atoms with Gasteiger partial charge >= 0.3 is 0 Å². The summed E-state index contributed by atoms with van der Waals surface area (Å²) in [4.78, 5) is 35.1. The molecule has 5 aromatic rings. The third-order valence-corrected chi connectivity index (χ3v) is 7.28. The summed E-state index contributed by atoms with van der Waals surface area (Å²) in [5.41, 5.74) is 5.07. The Balaban J connectivity index is 1.69. The number of benzene rings is 4. The monoisotopic (exact) mass is 515 g/mol. The highest BCUT2D eigenvalue weighted by atomic mass is 16.2. The average molecular weight is 516 g/mol. The molecule has 0 fully saturated rings. The zero-order valence-electron chi connectivity index (χ0n) is 22.7. The van der Waals surface area contributed by atoms with Gasteiger partial charge in [0.25, 0.3) is 11.5 Å². The van der Waals surface area contributed by atoms with Gasteiger partial charge in [-0.2, -0.15) is 0 Å². The fraction of sp³-hybridized carbons (Fsp3) is 0.206. The van der Waals surface area contributed by atoms with E-state index in [1.807, 2.05) is 117 Å². The molecule has 1 amide bonds. The van der Waals surface area contributed by atoms with Crippen molar-refractivity contribution in [1.29, 1.82) is 0 Å². The highest BCUT2D eigenvalue weighted by Gasteiger charge is 2.30. The van der Waals surface area contributed by atoms with Gasteiger partial charge in [0.05, 0.1) is 22.6 Å². The molecule has 5 nitrogen and oxygen atoms in total. The molecule has 4 aromatic carbocycles. The molecule has 1 unspecified atom stereocenters. The normalized spacial score (nSPS) is 11.9. The summed E-state index contributed by atoms with van der Waals surface area (Å²) in [6, 6.07) is 32.7. The Morgan fingerprint density at radius 2 is 1.51 bits per heavy atom. The fourth-order valence-corrected chi connectivity index (χ4v) is 5.12. The molecule has 0 saturated heterocycles. The van der Waals surface area contributed by atoms with Crippen molar-refractivity contribution >= 4 is 16.8 Å². The first-order chi connectivity index (χ1) is 19.0. The molecule has 1 atom stereocenters. The van der Waals surface area contributed by atoms with Gasteiger partial charge in [0.2, 0.25) is 0 Å².